The number of aryl methyl sites for hydroxylation is 1. The van der Waals surface area contributed by atoms with Crippen LogP contribution in [0.3, 0.4) is 0 Å². The van der Waals surface area contributed by atoms with Crippen LogP contribution >= 0.6 is 0 Å². The number of hydrogen-bond acceptors (Lipinski definition) is 5. The Morgan fingerprint density at radius 2 is 1.81 bits per heavy atom. The highest BCUT2D eigenvalue weighted by molar-refractivity contribution is 6.39. The summed E-state index contributed by atoms with van der Waals surface area (Å²) in [5.41, 5.74) is 3.50. The van der Waals surface area contributed by atoms with E-state index in [-0.39, 0.29) is 11.3 Å². The van der Waals surface area contributed by atoms with Crippen molar-refractivity contribution in [3.8, 4) is 11.4 Å². The van der Waals surface area contributed by atoms with Crippen molar-refractivity contribution in [2.45, 2.75) is 13.8 Å². The van der Waals surface area contributed by atoms with Gasteiger partial charge in [-0.25, -0.2) is 9.69 Å². The molecule has 0 aliphatic carbocycles. The van der Waals surface area contributed by atoms with Gasteiger partial charge in [0, 0.05) is 29.3 Å². The lowest BCUT2D eigenvalue weighted by molar-refractivity contribution is -0.122. The van der Waals surface area contributed by atoms with Gasteiger partial charge in [0.25, 0.3) is 11.8 Å². The molecule has 0 unspecified atom stereocenters. The number of imide groups is 2. The zero-order chi connectivity index (χ0) is 22.1. The van der Waals surface area contributed by atoms with E-state index in [0.29, 0.717) is 5.56 Å². The standard InChI is InChI=1S/C23H20N4O4/c1-14-10-16(15(2)26(14)17-6-4-8-19(12-17)31-3)11-20-21(28)25-23(30)27(22(20)29)18-7-5-9-24-13-18/h4-13H,1-3H3,(H,25,28,30)/b20-11-. The number of anilines is 1. The molecule has 3 aromatic rings. The van der Waals surface area contributed by atoms with Gasteiger partial charge < -0.3 is 9.30 Å². The summed E-state index contributed by atoms with van der Waals surface area (Å²) < 4.78 is 7.32. The molecule has 1 aliphatic rings. The Kier molecular flexibility index (Phi) is 5.12. The molecule has 3 heterocycles. The molecule has 1 saturated heterocycles. The van der Waals surface area contributed by atoms with E-state index in [1.807, 2.05) is 48.7 Å². The van der Waals surface area contributed by atoms with Crippen LogP contribution in [0.15, 0.2) is 60.4 Å². The number of nitrogens with zero attached hydrogens (tertiary/aromatic N) is 3. The Balaban J connectivity index is 1.76. The second-order valence-electron chi connectivity index (χ2n) is 7.03. The van der Waals surface area contributed by atoms with Gasteiger partial charge in [0.15, 0.2) is 0 Å². The Bertz CT molecular complexity index is 1230. The first-order valence-corrected chi connectivity index (χ1v) is 9.55. The van der Waals surface area contributed by atoms with E-state index in [1.165, 1.54) is 18.5 Å². The van der Waals surface area contributed by atoms with Crippen molar-refractivity contribution in [3.05, 3.63) is 77.4 Å². The molecular formula is C23H20N4O4. The Morgan fingerprint density at radius 3 is 2.52 bits per heavy atom. The van der Waals surface area contributed by atoms with Crippen molar-refractivity contribution in [3.63, 3.8) is 0 Å². The van der Waals surface area contributed by atoms with E-state index in [1.54, 1.807) is 19.2 Å². The summed E-state index contributed by atoms with van der Waals surface area (Å²) in [6, 6.07) is 11.9. The van der Waals surface area contributed by atoms with E-state index in [0.717, 1.165) is 27.7 Å². The number of hydrogen-bond donors (Lipinski definition) is 1. The van der Waals surface area contributed by atoms with E-state index >= 15 is 0 Å². The molecule has 31 heavy (non-hydrogen) atoms. The highest BCUT2D eigenvalue weighted by Crippen LogP contribution is 2.27. The number of amides is 4. The molecule has 0 spiro atoms. The van der Waals surface area contributed by atoms with Crippen LogP contribution in [0.1, 0.15) is 17.0 Å². The summed E-state index contributed by atoms with van der Waals surface area (Å²) in [6.07, 6.45) is 4.43. The lowest BCUT2D eigenvalue weighted by Gasteiger charge is -2.26. The van der Waals surface area contributed by atoms with Crippen LogP contribution in [0.2, 0.25) is 0 Å². The van der Waals surface area contributed by atoms with E-state index in [2.05, 4.69) is 10.3 Å². The predicted octanol–water partition coefficient (Wildman–Crippen LogP) is 3.16. The van der Waals surface area contributed by atoms with E-state index < -0.39 is 17.8 Å². The second kappa shape index (κ2) is 7.91. The summed E-state index contributed by atoms with van der Waals surface area (Å²) in [5.74, 6) is -0.716. The van der Waals surface area contributed by atoms with Gasteiger partial charge in [0.05, 0.1) is 19.0 Å². The normalized spacial score (nSPS) is 15.4. The molecule has 156 valence electrons. The summed E-state index contributed by atoms with van der Waals surface area (Å²) in [6.45, 7) is 3.83. The number of carbonyl (C=O) groups excluding carboxylic acids is 3. The fourth-order valence-electron chi connectivity index (χ4n) is 3.61. The highest BCUT2D eigenvalue weighted by Gasteiger charge is 2.37. The summed E-state index contributed by atoms with van der Waals surface area (Å²) in [5, 5.41) is 2.22. The minimum absolute atomic E-state index is 0.130. The molecule has 4 rings (SSSR count). The Morgan fingerprint density at radius 1 is 1.03 bits per heavy atom. The number of rotatable bonds is 4. The third-order valence-corrected chi connectivity index (χ3v) is 5.09. The molecule has 0 atom stereocenters. The second-order valence-corrected chi connectivity index (χ2v) is 7.03. The van der Waals surface area contributed by atoms with E-state index in [4.69, 9.17) is 4.74 Å². The van der Waals surface area contributed by atoms with Gasteiger partial charge in [0.1, 0.15) is 11.3 Å². The van der Waals surface area contributed by atoms with Crippen LogP contribution in [0.25, 0.3) is 11.8 Å². The minimum atomic E-state index is -0.804. The monoisotopic (exact) mass is 416 g/mol. The fraction of sp³-hybridized carbons (Fsp3) is 0.130. The van der Waals surface area contributed by atoms with Crippen molar-refractivity contribution >= 4 is 29.6 Å². The van der Waals surface area contributed by atoms with Crippen LogP contribution in [-0.4, -0.2) is 34.5 Å². The molecule has 0 radical (unpaired) electrons. The minimum Gasteiger partial charge on any atom is -0.497 e. The smallest absolute Gasteiger partial charge is 0.336 e. The maximum absolute atomic E-state index is 13.0. The molecule has 8 heteroatoms. The van der Waals surface area contributed by atoms with Crippen molar-refractivity contribution in [1.29, 1.82) is 0 Å². The first-order chi connectivity index (χ1) is 14.9. The van der Waals surface area contributed by atoms with Crippen LogP contribution in [0, 0.1) is 13.8 Å². The number of ether oxygens (including phenoxy) is 1. The van der Waals surface area contributed by atoms with Crippen molar-refractivity contribution in [2.24, 2.45) is 0 Å². The van der Waals surface area contributed by atoms with Gasteiger partial charge >= 0.3 is 6.03 Å². The molecular weight excluding hydrogens is 396 g/mol. The van der Waals surface area contributed by atoms with Gasteiger partial charge in [-0.05, 0) is 55.8 Å². The van der Waals surface area contributed by atoms with Crippen molar-refractivity contribution in [1.82, 2.24) is 14.9 Å². The lowest BCUT2D eigenvalue weighted by atomic mass is 10.1. The molecule has 1 fully saturated rings. The zero-order valence-electron chi connectivity index (χ0n) is 17.2. The van der Waals surface area contributed by atoms with Crippen LogP contribution < -0.4 is 15.0 Å². The van der Waals surface area contributed by atoms with Crippen molar-refractivity contribution < 1.29 is 19.1 Å². The van der Waals surface area contributed by atoms with E-state index in [9.17, 15) is 14.4 Å². The number of urea groups is 1. The first-order valence-electron chi connectivity index (χ1n) is 9.55. The van der Waals surface area contributed by atoms with Gasteiger partial charge in [-0.1, -0.05) is 6.07 Å². The molecule has 0 bridgehead atoms. The third-order valence-electron chi connectivity index (χ3n) is 5.09. The number of methoxy groups -OCH3 is 1. The topological polar surface area (TPSA) is 93.5 Å². The van der Waals surface area contributed by atoms with Gasteiger partial charge in [-0.2, -0.15) is 0 Å². The number of pyridine rings is 1. The number of barbiturate groups is 1. The molecule has 0 saturated carbocycles. The third kappa shape index (κ3) is 3.59. The van der Waals surface area contributed by atoms with Crippen LogP contribution in [0.4, 0.5) is 10.5 Å². The SMILES string of the molecule is COc1cccc(-n2c(C)cc(/C=C3/C(=O)NC(=O)N(c4cccnc4)C3=O)c2C)c1. The zero-order valence-corrected chi connectivity index (χ0v) is 17.2. The van der Waals surface area contributed by atoms with Gasteiger partial charge in [-0.3, -0.25) is 19.9 Å². The quantitative estimate of drug-likeness (QED) is 0.521. The van der Waals surface area contributed by atoms with Gasteiger partial charge in [-0.15, -0.1) is 0 Å². The summed E-state index contributed by atoms with van der Waals surface area (Å²) in [7, 11) is 1.60. The Hall–Kier alpha value is -4.20. The van der Waals surface area contributed by atoms with Crippen LogP contribution in [-0.2, 0) is 9.59 Å². The molecule has 1 N–H and O–H groups in total. The number of aromatic nitrogens is 2. The van der Waals surface area contributed by atoms with Crippen molar-refractivity contribution in [2.75, 3.05) is 12.0 Å². The molecule has 4 amide bonds. The Labute approximate surface area is 178 Å². The predicted molar refractivity (Wildman–Crippen MR) is 115 cm³/mol. The maximum atomic E-state index is 13.0. The molecule has 1 aromatic carbocycles. The number of carbonyl (C=O) groups is 3. The summed E-state index contributed by atoms with van der Waals surface area (Å²) >= 11 is 0. The molecule has 8 nitrogen and oxygen atoms in total. The average Bonchev–Trinajstić information content (AvgIpc) is 3.04. The first kappa shape index (κ1) is 20.1. The largest absolute Gasteiger partial charge is 0.497 e. The number of nitrogens with one attached hydrogen (secondary N) is 1. The van der Waals surface area contributed by atoms with Crippen LogP contribution in [0.5, 0.6) is 5.75 Å². The average molecular weight is 416 g/mol. The fourth-order valence-corrected chi connectivity index (χ4v) is 3.61. The van der Waals surface area contributed by atoms with Gasteiger partial charge in [0.2, 0.25) is 0 Å². The highest BCUT2D eigenvalue weighted by atomic mass is 16.5. The number of benzene rings is 1. The lowest BCUT2D eigenvalue weighted by Crippen LogP contribution is -2.54. The summed E-state index contributed by atoms with van der Waals surface area (Å²) in [4.78, 5) is 42.6. The maximum Gasteiger partial charge on any atom is 0.336 e. The molecule has 1 aliphatic heterocycles. The molecule has 2 aromatic heterocycles.